The lowest BCUT2D eigenvalue weighted by Gasteiger charge is -2.23. The van der Waals surface area contributed by atoms with E-state index in [0.29, 0.717) is 23.7 Å². The fraction of sp³-hybridized carbons (Fsp3) is 0.312. The third-order valence-electron chi connectivity index (χ3n) is 4.00. The number of carbonyl (C=O) groups is 2. The molecule has 0 bridgehead atoms. The number of amides is 3. The Labute approximate surface area is 144 Å². The minimum atomic E-state index is -0.423. The molecule has 0 unspecified atom stereocenters. The first-order chi connectivity index (χ1) is 11.6. The molecule has 1 aliphatic rings. The molecule has 1 aromatic carbocycles. The lowest BCUT2D eigenvalue weighted by Crippen LogP contribution is -2.46. The fourth-order valence-corrected chi connectivity index (χ4v) is 3.02. The first-order valence-corrected chi connectivity index (χ1v) is 8.06. The molecule has 2 N–H and O–H groups in total. The van der Waals surface area contributed by atoms with Crippen LogP contribution in [0.2, 0.25) is 5.02 Å². The van der Waals surface area contributed by atoms with Crippen molar-refractivity contribution in [3.63, 3.8) is 0 Å². The van der Waals surface area contributed by atoms with E-state index in [1.165, 1.54) is 0 Å². The van der Waals surface area contributed by atoms with Gasteiger partial charge >= 0.3 is 6.03 Å². The molecule has 3 amide bonds. The summed E-state index contributed by atoms with van der Waals surface area (Å²) in [5.41, 5.74) is 1.27. The molecular weight excluding hydrogens is 330 g/mol. The molecular formula is C16H18ClN5O2. The Morgan fingerprint density at radius 3 is 2.88 bits per heavy atom. The molecule has 3 rings (SSSR count). The second kappa shape index (κ2) is 6.92. The van der Waals surface area contributed by atoms with Gasteiger partial charge in [0, 0.05) is 13.6 Å². The van der Waals surface area contributed by atoms with Crippen LogP contribution in [0.15, 0.2) is 36.7 Å². The summed E-state index contributed by atoms with van der Waals surface area (Å²) in [6.45, 7) is 0.558. The summed E-state index contributed by atoms with van der Waals surface area (Å²) in [4.78, 5) is 25.8. The van der Waals surface area contributed by atoms with E-state index in [1.54, 1.807) is 35.1 Å². The summed E-state index contributed by atoms with van der Waals surface area (Å²) in [5.74, 6) is -0.144. The van der Waals surface area contributed by atoms with Crippen LogP contribution >= 0.6 is 11.6 Å². The number of nitrogens with one attached hydrogen (secondary N) is 2. The van der Waals surface area contributed by atoms with Gasteiger partial charge in [0.05, 0.1) is 28.8 Å². The summed E-state index contributed by atoms with van der Waals surface area (Å²) in [6.07, 6.45) is 4.71. The molecule has 1 aromatic heterocycles. The molecule has 0 saturated carbocycles. The summed E-state index contributed by atoms with van der Waals surface area (Å²) in [6, 6.07) is 6.58. The van der Waals surface area contributed by atoms with Crippen LogP contribution in [-0.2, 0) is 4.79 Å². The second-order valence-electron chi connectivity index (χ2n) is 5.52. The fourth-order valence-electron chi connectivity index (χ4n) is 2.80. The van der Waals surface area contributed by atoms with Crippen molar-refractivity contribution in [1.82, 2.24) is 20.0 Å². The highest BCUT2D eigenvalue weighted by atomic mass is 35.5. The number of aromatic nitrogens is 2. The van der Waals surface area contributed by atoms with Crippen molar-refractivity contribution in [2.75, 3.05) is 18.9 Å². The zero-order chi connectivity index (χ0) is 17.1. The Hall–Kier alpha value is -2.54. The average Bonchev–Trinajstić information content (AvgIpc) is 3.23. The van der Waals surface area contributed by atoms with Gasteiger partial charge in [-0.1, -0.05) is 23.7 Å². The Balaban J connectivity index is 1.72. The number of likely N-dealkylation sites (tertiary alicyclic amines) is 1. The van der Waals surface area contributed by atoms with Crippen molar-refractivity contribution in [3.05, 3.63) is 41.7 Å². The lowest BCUT2D eigenvalue weighted by atomic mass is 10.2. The van der Waals surface area contributed by atoms with Crippen molar-refractivity contribution in [1.29, 1.82) is 0 Å². The Kier molecular flexibility index (Phi) is 4.71. The lowest BCUT2D eigenvalue weighted by molar-refractivity contribution is -0.124. The molecule has 8 heteroatoms. The standard InChI is InChI=1S/C16H18ClN5O2/c1-18-15(23)14-7-4-8-21(14)16(24)20-11-9-19-22(10-11)13-6-3-2-5-12(13)17/h2-3,5-6,9-10,14H,4,7-8H2,1H3,(H,18,23)(H,20,24)/t14-/m1/s1. The number of likely N-dealkylation sites (N-methyl/N-ethyl adjacent to an activating group) is 1. The van der Waals surface area contributed by atoms with Crippen molar-refractivity contribution in [2.24, 2.45) is 0 Å². The Bertz CT molecular complexity index is 760. The molecule has 1 aliphatic heterocycles. The third kappa shape index (κ3) is 3.21. The number of para-hydroxylation sites is 1. The van der Waals surface area contributed by atoms with Crippen LogP contribution in [0.1, 0.15) is 12.8 Å². The van der Waals surface area contributed by atoms with Gasteiger partial charge in [0.15, 0.2) is 0 Å². The number of nitrogens with zero attached hydrogens (tertiary/aromatic N) is 3. The zero-order valence-corrected chi connectivity index (χ0v) is 14.0. The van der Waals surface area contributed by atoms with Crippen molar-refractivity contribution < 1.29 is 9.59 Å². The quantitative estimate of drug-likeness (QED) is 0.893. The minimum Gasteiger partial charge on any atom is -0.357 e. The largest absolute Gasteiger partial charge is 0.357 e. The van der Waals surface area contributed by atoms with Gasteiger partial charge in [0.2, 0.25) is 5.91 Å². The normalized spacial score (nSPS) is 16.9. The average molecular weight is 348 g/mol. The number of hydrogen-bond donors (Lipinski definition) is 2. The van der Waals surface area contributed by atoms with E-state index in [1.807, 2.05) is 18.2 Å². The SMILES string of the molecule is CNC(=O)[C@H]1CCCN1C(=O)Nc1cnn(-c2ccccc2Cl)c1. The van der Waals surface area contributed by atoms with Gasteiger partial charge in [-0.3, -0.25) is 4.79 Å². The van der Waals surface area contributed by atoms with E-state index in [2.05, 4.69) is 15.7 Å². The Morgan fingerprint density at radius 2 is 2.12 bits per heavy atom. The van der Waals surface area contributed by atoms with Gasteiger partial charge in [0.25, 0.3) is 0 Å². The van der Waals surface area contributed by atoms with Gasteiger partial charge in [0.1, 0.15) is 6.04 Å². The number of benzene rings is 1. The highest BCUT2D eigenvalue weighted by Gasteiger charge is 2.33. The highest BCUT2D eigenvalue weighted by Crippen LogP contribution is 2.22. The first-order valence-electron chi connectivity index (χ1n) is 7.69. The van der Waals surface area contributed by atoms with Gasteiger partial charge in [-0.15, -0.1) is 0 Å². The molecule has 1 atom stereocenters. The number of urea groups is 1. The van der Waals surface area contributed by atoms with E-state index in [9.17, 15) is 9.59 Å². The summed E-state index contributed by atoms with van der Waals surface area (Å²) < 4.78 is 1.60. The van der Waals surface area contributed by atoms with Crippen molar-refractivity contribution >= 4 is 29.2 Å². The van der Waals surface area contributed by atoms with E-state index in [0.717, 1.165) is 12.1 Å². The number of anilines is 1. The Morgan fingerprint density at radius 1 is 1.33 bits per heavy atom. The molecule has 0 spiro atoms. The van der Waals surface area contributed by atoms with E-state index >= 15 is 0 Å². The zero-order valence-electron chi connectivity index (χ0n) is 13.2. The molecule has 24 heavy (non-hydrogen) atoms. The number of halogens is 1. The van der Waals surface area contributed by atoms with Crippen LogP contribution in [0.25, 0.3) is 5.69 Å². The number of carbonyl (C=O) groups excluding carboxylic acids is 2. The molecule has 1 fully saturated rings. The maximum absolute atomic E-state index is 12.4. The van der Waals surface area contributed by atoms with Gasteiger partial charge in [-0.2, -0.15) is 5.10 Å². The van der Waals surface area contributed by atoms with Crippen molar-refractivity contribution in [3.8, 4) is 5.69 Å². The van der Waals surface area contributed by atoms with Gasteiger partial charge in [-0.25, -0.2) is 9.48 Å². The van der Waals surface area contributed by atoms with E-state index in [4.69, 9.17) is 11.6 Å². The van der Waals surface area contributed by atoms with E-state index < -0.39 is 6.04 Å². The molecule has 2 aromatic rings. The summed E-state index contributed by atoms with van der Waals surface area (Å²) in [5, 5.41) is 10.2. The second-order valence-corrected chi connectivity index (χ2v) is 5.93. The minimum absolute atomic E-state index is 0.144. The topological polar surface area (TPSA) is 79.3 Å². The smallest absolute Gasteiger partial charge is 0.322 e. The predicted octanol–water partition coefficient (Wildman–Crippen LogP) is 2.27. The molecule has 0 aliphatic carbocycles. The van der Waals surface area contributed by atoms with Crippen LogP contribution in [0.3, 0.4) is 0 Å². The molecule has 126 valence electrons. The number of hydrogen-bond acceptors (Lipinski definition) is 3. The predicted molar refractivity (Wildman–Crippen MR) is 91.4 cm³/mol. The number of rotatable bonds is 3. The van der Waals surface area contributed by atoms with Gasteiger partial charge < -0.3 is 15.5 Å². The first kappa shape index (κ1) is 16.3. The highest BCUT2D eigenvalue weighted by molar-refractivity contribution is 6.32. The third-order valence-corrected chi connectivity index (χ3v) is 4.32. The summed E-state index contributed by atoms with van der Waals surface area (Å²) >= 11 is 6.15. The van der Waals surface area contributed by atoms with Crippen LogP contribution in [-0.4, -0.2) is 46.3 Å². The molecule has 1 saturated heterocycles. The van der Waals surface area contributed by atoms with E-state index in [-0.39, 0.29) is 11.9 Å². The van der Waals surface area contributed by atoms with Crippen LogP contribution in [0, 0.1) is 0 Å². The maximum atomic E-state index is 12.4. The molecule has 2 heterocycles. The van der Waals surface area contributed by atoms with Gasteiger partial charge in [-0.05, 0) is 25.0 Å². The summed E-state index contributed by atoms with van der Waals surface area (Å²) in [7, 11) is 1.57. The van der Waals surface area contributed by atoms with Crippen LogP contribution in [0.5, 0.6) is 0 Å². The maximum Gasteiger partial charge on any atom is 0.322 e. The van der Waals surface area contributed by atoms with Crippen molar-refractivity contribution in [2.45, 2.75) is 18.9 Å². The molecule has 7 nitrogen and oxygen atoms in total. The monoisotopic (exact) mass is 347 g/mol. The van der Waals surface area contributed by atoms with Crippen LogP contribution < -0.4 is 10.6 Å². The molecule has 0 radical (unpaired) electrons. The van der Waals surface area contributed by atoms with Crippen LogP contribution in [0.4, 0.5) is 10.5 Å².